The molecule has 1 N–H and O–H groups in total. The molecule has 3 aromatic rings. The van der Waals surface area contributed by atoms with Crippen molar-refractivity contribution in [3.8, 4) is 23.3 Å². The number of fused-ring (bicyclic) bond motifs is 1. The third-order valence-electron chi connectivity index (χ3n) is 5.12. The molecule has 4 rings (SSSR count). The molecular formula is C21H27N5O4. The molecule has 1 aromatic carbocycles. The van der Waals surface area contributed by atoms with E-state index >= 15 is 0 Å². The van der Waals surface area contributed by atoms with Gasteiger partial charge in [-0.05, 0) is 18.9 Å². The standard InChI is InChI=1S/C21H27N5O4/c1-3-15-13-24-25-20(15)30-21-16-11-18(27-2)19(12-17(16)22-14-23-21)29-8-4-5-26-6-9-28-10-7-26/h11-14H,3-10H2,1-2H3,(H,24,25). The molecule has 0 spiro atoms. The number of nitrogens with zero attached hydrogens (tertiary/aromatic N) is 4. The average molecular weight is 413 g/mol. The third-order valence-corrected chi connectivity index (χ3v) is 5.12. The third kappa shape index (κ3) is 4.63. The van der Waals surface area contributed by atoms with Crippen molar-refractivity contribution in [1.82, 2.24) is 25.1 Å². The van der Waals surface area contributed by atoms with E-state index in [1.165, 1.54) is 6.33 Å². The Balaban J connectivity index is 1.48. The second kappa shape index (κ2) is 9.73. The number of ether oxygens (including phenoxy) is 4. The number of rotatable bonds is 9. The highest BCUT2D eigenvalue weighted by Gasteiger charge is 2.15. The van der Waals surface area contributed by atoms with E-state index in [0.717, 1.165) is 62.2 Å². The maximum absolute atomic E-state index is 6.01. The summed E-state index contributed by atoms with van der Waals surface area (Å²) in [5.74, 6) is 2.30. The summed E-state index contributed by atoms with van der Waals surface area (Å²) < 4.78 is 22.9. The zero-order valence-corrected chi connectivity index (χ0v) is 17.4. The quantitative estimate of drug-likeness (QED) is 0.535. The SMILES string of the molecule is CCc1cn[nH]c1Oc1ncnc2cc(OCCCN3CCOCC3)c(OC)cc12. The molecule has 160 valence electrons. The van der Waals surface area contributed by atoms with Gasteiger partial charge >= 0.3 is 0 Å². The Morgan fingerprint density at radius 2 is 2.03 bits per heavy atom. The molecule has 2 aromatic heterocycles. The minimum Gasteiger partial charge on any atom is -0.493 e. The second-order valence-electron chi connectivity index (χ2n) is 7.04. The summed E-state index contributed by atoms with van der Waals surface area (Å²) in [5, 5.41) is 7.66. The molecule has 9 heteroatoms. The molecule has 30 heavy (non-hydrogen) atoms. The van der Waals surface area contributed by atoms with Gasteiger partial charge in [0.05, 0.1) is 44.0 Å². The zero-order valence-electron chi connectivity index (χ0n) is 17.4. The largest absolute Gasteiger partial charge is 0.493 e. The van der Waals surface area contributed by atoms with Crippen LogP contribution in [0.1, 0.15) is 18.9 Å². The van der Waals surface area contributed by atoms with Crippen LogP contribution in [-0.4, -0.2) is 71.6 Å². The summed E-state index contributed by atoms with van der Waals surface area (Å²) in [5.41, 5.74) is 1.70. The highest BCUT2D eigenvalue weighted by Crippen LogP contribution is 2.36. The van der Waals surface area contributed by atoms with Gasteiger partial charge in [-0.3, -0.25) is 4.90 Å². The van der Waals surface area contributed by atoms with Crippen molar-refractivity contribution >= 4 is 10.9 Å². The fourth-order valence-corrected chi connectivity index (χ4v) is 3.43. The Kier molecular flexibility index (Phi) is 6.60. The van der Waals surface area contributed by atoms with Gasteiger partial charge < -0.3 is 18.9 Å². The molecule has 0 atom stereocenters. The molecule has 0 saturated carbocycles. The molecule has 1 saturated heterocycles. The van der Waals surface area contributed by atoms with Crippen LogP contribution in [0.4, 0.5) is 0 Å². The number of morpholine rings is 1. The fraction of sp³-hybridized carbons (Fsp3) is 0.476. The van der Waals surface area contributed by atoms with Gasteiger partial charge in [-0.2, -0.15) is 5.10 Å². The number of benzene rings is 1. The van der Waals surface area contributed by atoms with E-state index in [0.29, 0.717) is 29.9 Å². The Hall–Kier alpha value is -2.91. The number of aromatic nitrogens is 4. The van der Waals surface area contributed by atoms with Gasteiger partial charge in [-0.1, -0.05) is 6.92 Å². The van der Waals surface area contributed by atoms with Gasteiger partial charge in [0, 0.05) is 31.3 Å². The molecule has 1 aliphatic rings. The number of aromatic amines is 1. The van der Waals surface area contributed by atoms with Gasteiger partial charge in [-0.25, -0.2) is 15.1 Å². The number of methoxy groups -OCH3 is 1. The van der Waals surface area contributed by atoms with E-state index in [9.17, 15) is 0 Å². The van der Waals surface area contributed by atoms with Gasteiger partial charge in [-0.15, -0.1) is 0 Å². The maximum Gasteiger partial charge on any atom is 0.232 e. The van der Waals surface area contributed by atoms with Crippen molar-refractivity contribution in [2.45, 2.75) is 19.8 Å². The first-order valence-corrected chi connectivity index (χ1v) is 10.2. The molecule has 1 fully saturated rings. The van der Waals surface area contributed by atoms with Crippen LogP contribution in [0.15, 0.2) is 24.7 Å². The van der Waals surface area contributed by atoms with E-state index in [1.54, 1.807) is 13.3 Å². The molecule has 3 heterocycles. The summed E-state index contributed by atoms with van der Waals surface area (Å²) in [6, 6.07) is 3.72. The molecular weight excluding hydrogens is 386 g/mol. The van der Waals surface area contributed by atoms with E-state index in [2.05, 4.69) is 25.1 Å². The number of nitrogens with one attached hydrogen (secondary N) is 1. The van der Waals surface area contributed by atoms with Crippen LogP contribution in [0.2, 0.25) is 0 Å². The average Bonchev–Trinajstić information content (AvgIpc) is 3.24. The summed E-state index contributed by atoms with van der Waals surface area (Å²) in [4.78, 5) is 11.1. The predicted molar refractivity (Wildman–Crippen MR) is 112 cm³/mol. The molecule has 0 amide bonds. The predicted octanol–water partition coefficient (Wildman–Crippen LogP) is 2.82. The van der Waals surface area contributed by atoms with E-state index in [1.807, 2.05) is 19.1 Å². The lowest BCUT2D eigenvalue weighted by molar-refractivity contribution is 0.0357. The van der Waals surface area contributed by atoms with Crippen LogP contribution >= 0.6 is 0 Å². The van der Waals surface area contributed by atoms with Crippen molar-refractivity contribution in [3.63, 3.8) is 0 Å². The zero-order chi connectivity index (χ0) is 20.8. The lowest BCUT2D eigenvalue weighted by Crippen LogP contribution is -2.37. The number of H-pyrrole nitrogens is 1. The summed E-state index contributed by atoms with van der Waals surface area (Å²) in [7, 11) is 1.62. The summed E-state index contributed by atoms with van der Waals surface area (Å²) in [6.07, 6.45) is 4.97. The van der Waals surface area contributed by atoms with E-state index < -0.39 is 0 Å². The van der Waals surface area contributed by atoms with Crippen molar-refractivity contribution in [2.24, 2.45) is 0 Å². The van der Waals surface area contributed by atoms with Gasteiger partial charge in [0.25, 0.3) is 0 Å². The first-order valence-electron chi connectivity index (χ1n) is 10.2. The molecule has 0 aliphatic carbocycles. The smallest absolute Gasteiger partial charge is 0.232 e. The number of aryl methyl sites for hydroxylation is 1. The number of hydrogen-bond donors (Lipinski definition) is 1. The van der Waals surface area contributed by atoms with E-state index in [4.69, 9.17) is 18.9 Å². The molecule has 0 unspecified atom stereocenters. The molecule has 1 aliphatic heterocycles. The van der Waals surface area contributed by atoms with Crippen molar-refractivity contribution in [2.75, 3.05) is 46.6 Å². The molecule has 0 radical (unpaired) electrons. The van der Waals surface area contributed by atoms with Gasteiger partial charge in [0.1, 0.15) is 6.33 Å². The van der Waals surface area contributed by atoms with Crippen LogP contribution in [-0.2, 0) is 11.2 Å². The lowest BCUT2D eigenvalue weighted by Gasteiger charge is -2.26. The Morgan fingerprint density at radius 3 is 2.83 bits per heavy atom. The number of hydrogen-bond acceptors (Lipinski definition) is 8. The van der Waals surface area contributed by atoms with Crippen molar-refractivity contribution < 1.29 is 18.9 Å². The minimum absolute atomic E-state index is 0.441. The molecule has 0 bridgehead atoms. The topological polar surface area (TPSA) is 94.6 Å². The first-order chi connectivity index (χ1) is 14.8. The maximum atomic E-state index is 6.01. The van der Waals surface area contributed by atoms with Crippen LogP contribution in [0.25, 0.3) is 10.9 Å². The van der Waals surface area contributed by atoms with Gasteiger partial charge in [0.15, 0.2) is 11.5 Å². The highest BCUT2D eigenvalue weighted by atomic mass is 16.5. The lowest BCUT2D eigenvalue weighted by atomic mass is 10.2. The first kappa shape index (κ1) is 20.4. The van der Waals surface area contributed by atoms with E-state index in [-0.39, 0.29) is 0 Å². The monoisotopic (exact) mass is 413 g/mol. The van der Waals surface area contributed by atoms with Crippen LogP contribution in [0, 0.1) is 0 Å². The van der Waals surface area contributed by atoms with Crippen LogP contribution in [0.3, 0.4) is 0 Å². The second-order valence-corrected chi connectivity index (χ2v) is 7.04. The van der Waals surface area contributed by atoms with Crippen LogP contribution in [0.5, 0.6) is 23.3 Å². The minimum atomic E-state index is 0.441. The Bertz CT molecular complexity index is 971. The Morgan fingerprint density at radius 1 is 1.17 bits per heavy atom. The Labute approximate surface area is 175 Å². The molecule has 9 nitrogen and oxygen atoms in total. The van der Waals surface area contributed by atoms with Crippen LogP contribution < -0.4 is 14.2 Å². The van der Waals surface area contributed by atoms with Crippen molar-refractivity contribution in [3.05, 3.63) is 30.2 Å². The fourth-order valence-electron chi connectivity index (χ4n) is 3.43. The van der Waals surface area contributed by atoms with Gasteiger partial charge in [0.2, 0.25) is 11.8 Å². The summed E-state index contributed by atoms with van der Waals surface area (Å²) >= 11 is 0. The summed E-state index contributed by atoms with van der Waals surface area (Å²) in [6.45, 7) is 7.21. The highest BCUT2D eigenvalue weighted by molar-refractivity contribution is 5.87. The normalized spacial score (nSPS) is 14.7. The van der Waals surface area contributed by atoms with Crippen molar-refractivity contribution in [1.29, 1.82) is 0 Å².